The van der Waals surface area contributed by atoms with Gasteiger partial charge in [0.2, 0.25) is 0 Å². The average molecular weight is 171 g/mol. The SMILES string of the molecule is CC.CCCN(C)CC1CCC1. The van der Waals surface area contributed by atoms with Crippen LogP contribution in [-0.4, -0.2) is 25.0 Å². The molecule has 0 unspecified atom stereocenters. The van der Waals surface area contributed by atoms with Crippen LogP contribution < -0.4 is 0 Å². The van der Waals surface area contributed by atoms with Gasteiger partial charge in [-0.2, -0.15) is 0 Å². The predicted molar refractivity (Wildman–Crippen MR) is 56.5 cm³/mol. The zero-order chi connectivity index (χ0) is 9.40. The maximum absolute atomic E-state index is 2.46. The summed E-state index contributed by atoms with van der Waals surface area (Å²) in [6, 6.07) is 0. The Hall–Kier alpha value is -0.0400. The lowest BCUT2D eigenvalue weighted by Crippen LogP contribution is -2.29. The van der Waals surface area contributed by atoms with Gasteiger partial charge in [0.1, 0.15) is 0 Å². The van der Waals surface area contributed by atoms with Crippen LogP contribution in [0.1, 0.15) is 46.5 Å². The third-order valence-corrected chi connectivity index (χ3v) is 2.40. The Morgan fingerprint density at radius 2 is 1.83 bits per heavy atom. The van der Waals surface area contributed by atoms with Crippen molar-refractivity contribution in [3.05, 3.63) is 0 Å². The quantitative estimate of drug-likeness (QED) is 0.628. The number of nitrogens with zero attached hydrogens (tertiary/aromatic N) is 1. The first-order chi connectivity index (χ1) is 5.83. The van der Waals surface area contributed by atoms with Crippen LogP contribution >= 0.6 is 0 Å². The molecule has 0 radical (unpaired) electrons. The Balaban J connectivity index is 0.000000561. The molecule has 0 amide bonds. The minimum absolute atomic E-state index is 1.04. The van der Waals surface area contributed by atoms with Crippen molar-refractivity contribution >= 4 is 0 Å². The number of hydrogen-bond acceptors (Lipinski definition) is 1. The summed E-state index contributed by atoms with van der Waals surface area (Å²) in [7, 11) is 2.24. The van der Waals surface area contributed by atoms with Crippen LogP contribution in [0.2, 0.25) is 0 Å². The van der Waals surface area contributed by atoms with Gasteiger partial charge in [-0.1, -0.05) is 27.2 Å². The first-order valence-electron chi connectivity index (χ1n) is 5.51. The van der Waals surface area contributed by atoms with Gasteiger partial charge < -0.3 is 4.90 Å². The van der Waals surface area contributed by atoms with Crippen molar-refractivity contribution in [3.8, 4) is 0 Å². The lowest BCUT2D eigenvalue weighted by atomic mass is 9.85. The van der Waals surface area contributed by atoms with Gasteiger partial charge in [0, 0.05) is 6.54 Å². The fourth-order valence-electron chi connectivity index (χ4n) is 1.59. The summed E-state index contributed by atoms with van der Waals surface area (Å²) in [6.45, 7) is 8.86. The molecule has 1 heteroatoms. The molecule has 0 atom stereocenters. The normalized spacial score (nSPS) is 16.8. The number of rotatable bonds is 4. The maximum atomic E-state index is 2.46. The number of hydrogen-bond donors (Lipinski definition) is 0. The summed E-state index contributed by atoms with van der Waals surface area (Å²) >= 11 is 0. The van der Waals surface area contributed by atoms with E-state index in [1.807, 2.05) is 13.8 Å². The molecule has 0 saturated heterocycles. The molecular formula is C11H25N. The van der Waals surface area contributed by atoms with E-state index in [4.69, 9.17) is 0 Å². The van der Waals surface area contributed by atoms with E-state index >= 15 is 0 Å². The predicted octanol–water partition coefficient (Wildman–Crippen LogP) is 3.15. The van der Waals surface area contributed by atoms with E-state index in [2.05, 4.69) is 18.9 Å². The second-order valence-electron chi connectivity index (χ2n) is 3.56. The van der Waals surface area contributed by atoms with Crippen molar-refractivity contribution in [2.75, 3.05) is 20.1 Å². The van der Waals surface area contributed by atoms with Crippen LogP contribution in [0.3, 0.4) is 0 Å². The minimum Gasteiger partial charge on any atom is -0.306 e. The minimum atomic E-state index is 1.04. The van der Waals surface area contributed by atoms with E-state index in [1.54, 1.807) is 0 Å². The van der Waals surface area contributed by atoms with Crippen molar-refractivity contribution in [1.82, 2.24) is 4.90 Å². The van der Waals surface area contributed by atoms with E-state index in [1.165, 1.54) is 38.8 Å². The van der Waals surface area contributed by atoms with Crippen LogP contribution in [0.4, 0.5) is 0 Å². The fourth-order valence-corrected chi connectivity index (χ4v) is 1.59. The molecule has 1 fully saturated rings. The third-order valence-electron chi connectivity index (χ3n) is 2.40. The fraction of sp³-hybridized carbons (Fsp3) is 1.00. The smallest absolute Gasteiger partial charge is 0.000660 e. The molecule has 1 rings (SSSR count). The summed E-state index contributed by atoms with van der Waals surface area (Å²) in [5, 5.41) is 0. The van der Waals surface area contributed by atoms with E-state index in [-0.39, 0.29) is 0 Å². The Morgan fingerprint density at radius 3 is 2.17 bits per heavy atom. The Labute approximate surface area is 78.1 Å². The highest BCUT2D eigenvalue weighted by atomic mass is 15.1. The summed E-state index contributed by atoms with van der Waals surface area (Å²) in [5.74, 6) is 1.04. The summed E-state index contributed by atoms with van der Waals surface area (Å²) < 4.78 is 0. The van der Waals surface area contributed by atoms with Crippen LogP contribution in [0.15, 0.2) is 0 Å². The molecule has 0 spiro atoms. The molecule has 0 aliphatic heterocycles. The van der Waals surface area contributed by atoms with Gasteiger partial charge in [-0.25, -0.2) is 0 Å². The third kappa shape index (κ3) is 4.76. The molecule has 1 aliphatic carbocycles. The maximum Gasteiger partial charge on any atom is 0.000660 e. The van der Waals surface area contributed by atoms with Crippen molar-refractivity contribution in [2.45, 2.75) is 46.5 Å². The van der Waals surface area contributed by atoms with Gasteiger partial charge in [0.25, 0.3) is 0 Å². The average Bonchev–Trinajstić information content (AvgIpc) is 2.02. The second kappa shape index (κ2) is 7.60. The highest BCUT2D eigenvalue weighted by molar-refractivity contribution is 4.72. The molecule has 0 aromatic rings. The van der Waals surface area contributed by atoms with Gasteiger partial charge in [0.05, 0.1) is 0 Å². The largest absolute Gasteiger partial charge is 0.306 e. The molecule has 1 nitrogen and oxygen atoms in total. The summed E-state index contributed by atoms with van der Waals surface area (Å²) in [6.07, 6.45) is 5.73. The monoisotopic (exact) mass is 171 g/mol. The summed E-state index contributed by atoms with van der Waals surface area (Å²) in [5.41, 5.74) is 0. The van der Waals surface area contributed by atoms with Crippen LogP contribution in [-0.2, 0) is 0 Å². The lowest BCUT2D eigenvalue weighted by Gasteiger charge is -2.29. The Bertz CT molecular complexity index is 87.0. The molecule has 1 saturated carbocycles. The molecule has 0 bridgehead atoms. The topological polar surface area (TPSA) is 3.24 Å². The molecule has 0 heterocycles. The van der Waals surface area contributed by atoms with Crippen LogP contribution in [0, 0.1) is 5.92 Å². The van der Waals surface area contributed by atoms with E-state index in [9.17, 15) is 0 Å². The highest BCUT2D eigenvalue weighted by Crippen LogP contribution is 2.26. The molecule has 0 aromatic carbocycles. The Kier molecular flexibility index (Phi) is 7.58. The van der Waals surface area contributed by atoms with Crippen LogP contribution in [0.5, 0.6) is 0 Å². The molecular weight excluding hydrogens is 146 g/mol. The van der Waals surface area contributed by atoms with Crippen molar-refractivity contribution < 1.29 is 0 Å². The van der Waals surface area contributed by atoms with Crippen LogP contribution in [0.25, 0.3) is 0 Å². The van der Waals surface area contributed by atoms with Crippen molar-refractivity contribution in [2.24, 2.45) is 5.92 Å². The molecule has 12 heavy (non-hydrogen) atoms. The van der Waals surface area contributed by atoms with Crippen molar-refractivity contribution in [1.29, 1.82) is 0 Å². The van der Waals surface area contributed by atoms with Gasteiger partial charge in [0.15, 0.2) is 0 Å². The first-order valence-corrected chi connectivity index (χ1v) is 5.51. The van der Waals surface area contributed by atoms with E-state index in [0.29, 0.717) is 0 Å². The van der Waals surface area contributed by atoms with Gasteiger partial charge in [-0.15, -0.1) is 0 Å². The summed E-state index contributed by atoms with van der Waals surface area (Å²) in [4.78, 5) is 2.46. The molecule has 74 valence electrons. The molecule has 0 aromatic heterocycles. The van der Waals surface area contributed by atoms with Gasteiger partial charge in [-0.3, -0.25) is 0 Å². The second-order valence-corrected chi connectivity index (χ2v) is 3.56. The molecule has 0 N–H and O–H groups in total. The lowest BCUT2D eigenvalue weighted by molar-refractivity contribution is 0.206. The van der Waals surface area contributed by atoms with E-state index in [0.717, 1.165) is 5.92 Å². The zero-order valence-corrected chi connectivity index (χ0v) is 9.27. The Morgan fingerprint density at radius 1 is 1.25 bits per heavy atom. The first kappa shape index (κ1) is 12.0. The molecule has 1 aliphatic rings. The van der Waals surface area contributed by atoms with E-state index < -0.39 is 0 Å². The van der Waals surface area contributed by atoms with Gasteiger partial charge in [-0.05, 0) is 38.8 Å². The standard InChI is InChI=1S/C9H19N.C2H6/c1-3-7-10(2)8-9-5-4-6-9;1-2/h9H,3-8H2,1-2H3;1-2H3. The van der Waals surface area contributed by atoms with Crippen molar-refractivity contribution in [3.63, 3.8) is 0 Å². The highest BCUT2D eigenvalue weighted by Gasteiger charge is 2.18. The zero-order valence-electron chi connectivity index (χ0n) is 9.27. The van der Waals surface area contributed by atoms with Gasteiger partial charge >= 0.3 is 0 Å².